The van der Waals surface area contributed by atoms with Gasteiger partial charge in [-0.25, -0.2) is 9.37 Å². The van der Waals surface area contributed by atoms with Gasteiger partial charge in [-0.05, 0) is 20.8 Å². The number of halogens is 1. The van der Waals surface area contributed by atoms with E-state index in [9.17, 15) is 9.18 Å². The molecule has 0 unspecified atom stereocenters. The number of aromatic nitrogens is 1. The summed E-state index contributed by atoms with van der Waals surface area (Å²) in [5.41, 5.74) is -1.16. The van der Waals surface area contributed by atoms with Gasteiger partial charge in [-0.1, -0.05) is 0 Å². The Bertz CT molecular complexity index is 336. The summed E-state index contributed by atoms with van der Waals surface area (Å²) in [5, 5.41) is 0. The highest BCUT2D eigenvalue weighted by atomic mass is 19.1. The number of hydrogen-bond acceptors (Lipinski definition) is 3. The molecule has 1 rings (SSSR count). The van der Waals surface area contributed by atoms with Crippen LogP contribution in [0.25, 0.3) is 0 Å². The van der Waals surface area contributed by atoms with Gasteiger partial charge in [0.05, 0.1) is 5.69 Å². The fraction of sp³-hybridized carbons (Fsp3) is 0.556. The minimum atomic E-state index is -1.59. The second-order valence-electron chi connectivity index (χ2n) is 3.46. The minimum Gasteiger partial charge on any atom is -0.435 e. The van der Waals surface area contributed by atoms with E-state index in [-0.39, 0.29) is 17.4 Å². The highest BCUT2D eigenvalue weighted by Gasteiger charge is 2.28. The third kappa shape index (κ3) is 1.94. The zero-order valence-corrected chi connectivity index (χ0v) is 8.14. The van der Waals surface area contributed by atoms with Crippen molar-refractivity contribution in [1.29, 1.82) is 0 Å². The van der Waals surface area contributed by atoms with E-state index < -0.39 is 5.67 Å². The number of ketones is 1. The summed E-state index contributed by atoms with van der Waals surface area (Å²) in [6, 6.07) is 0. The summed E-state index contributed by atoms with van der Waals surface area (Å²) in [5.74, 6) is -0.200. The number of carbonyl (C=O) groups excluding carboxylic acids is 1. The second kappa shape index (κ2) is 2.94. The van der Waals surface area contributed by atoms with Crippen molar-refractivity contribution in [2.24, 2.45) is 0 Å². The van der Waals surface area contributed by atoms with Gasteiger partial charge in [0.25, 0.3) is 5.89 Å². The van der Waals surface area contributed by atoms with Gasteiger partial charge in [-0.2, -0.15) is 0 Å². The third-order valence-electron chi connectivity index (χ3n) is 1.64. The van der Waals surface area contributed by atoms with Gasteiger partial charge in [0.15, 0.2) is 11.4 Å². The molecule has 4 heteroatoms. The summed E-state index contributed by atoms with van der Waals surface area (Å²) < 4.78 is 18.4. The third-order valence-corrected chi connectivity index (χ3v) is 1.64. The maximum absolute atomic E-state index is 13.4. The molecule has 0 N–H and O–H groups in total. The van der Waals surface area contributed by atoms with Crippen molar-refractivity contribution in [3.63, 3.8) is 0 Å². The summed E-state index contributed by atoms with van der Waals surface area (Å²) in [6.45, 7) is 5.68. The van der Waals surface area contributed by atoms with Crippen LogP contribution in [0.3, 0.4) is 0 Å². The predicted octanol–water partition coefficient (Wildman–Crippen LogP) is 2.39. The van der Waals surface area contributed by atoms with Crippen molar-refractivity contribution in [1.82, 2.24) is 4.98 Å². The number of carbonyl (C=O) groups is 1. The molecule has 1 aromatic rings. The lowest BCUT2D eigenvalue weighted by molar-refractivity contribution is 0.0969. The van der Waals surface area contributed by atoms with Gasteiger partial charge in [0, 0.05) is 6.92 Å². The van der Waals surface area contributed by atoms with Crippen LogP contribution < -0.4 is 0 Å². The molecule has 0 saturated carbocycles. The number of aryl methyl sites for hydroxylation is 1. The lowest BCUT2D eigenvalue weighted by atomic mass is 10.1. The van der Waals surface area contributed by atoms with Crippen molar-refractivity contribution in [2.45, 2.75) is 33.4 Å². The first kappa shape index (κ1) is 9.89. The van der Waals surface area contributed by atoms with E-state index in [0.717, 1.165) is 0 Å². The molecule has 0 amide bonds. The Hall–Kier alpha value is -1.19. The van der Waals surface area contributed by atoms with Crippen LogP contribution in [0, 0.1) is 6.92 Å². The Morgan fingerprint density at radius 2 is 2.08 bits per heavy atom. The molecular weight excluding hydrogens is 173 g/mol. The number of alkyl halides is 1. The smallest absolute Gasteiger partial charge is 0.263 e. The van der Waals surface area contributed by atoms with Crippen LogP contribution in [0.2, 0.25) is 0 Å². The van der Waals surface area contributed by atoms with E-state index in [1.165, 1.54) is 20.8 Å². The quantitative estimate of drug-likeness (QED) is 0.664. The highest BCUT2D eigenvalue weighted by Crippen LogP contribution is 2.28. The molecule has 0 saturated heterocycles. The van der Waals surface area contributed by atoms with E-state index in [1.54, 1.807) is 6.92 Å². The van der Waals surface area contributed by atoms with Gasteiger partial charge in [-0.15, -0.1) is 0 Å². The summed E-state index contributed by atoms with van der Waals surface area (Å²) >= 11 is 0. The zero-order valence-electron chi connectivity index (χ0n) is 8.14. The molecule has 1 heterocycles. The predicted molar refractivity (Wildman–Crippen MR) is 45.4 cm³/mol. The van der Waals surface area contributed by atoms with Gasteiger partial charge in [-0.3, -0.25) is 4.79 Å². The van der Waals surface area contributed by atoms with Gasteiger partial charge in [0.2, 0.25) is 5.78 Å². The molecule has 13 heavy (non-hydrogen) atoms. The Labute approximate surface area is 76.0 Å². The van der Waals surface area contributed by atoms with Crippen LogP contribution in [0.4, 0.5) is 4.39 Å². The van der Waals surface area contributed by atoms with Crippen molar-refractivity contribution in [3.05, 3.63) is 17.3 Å². The highest BCUT2D eigenvalue weighted by molar-refractivity contribution is 5.89. The Kier molecular flexibility index (Phi) is 2.24. The van der Waals surface area contributed by atoms with Gasteiger partial charge in [0.1, 0.15) is 0 Å². The van der Waals surface area contributed by atoms with Crippen LogP contribution in [0.15, 0.2) is 4.42 Å². The van der Waals surface area contributed by atoms with Crippen LogP contribution in [0.1, 0.15) is 42.9 Å². The molecule has 72 valence electrons. The Balaban J connectivity index is 3.18. The van der Waals surface area contributed by atoms with Crippen LogP contribution >= 0.6 is 0 Å². The van der Waals surface area contributed by atoms with E-state index in [0.29, 0.717) is 5.69 Å². The second-order valence-corrected chi connectivity index (χ2v) is 3.46. The maximum Gasteiger partial charge on any atom is 0.263 e. The largest absolute Gasteiger partial charge is 0.435 e. The average Bonchev–Trinajstić information content (AvgIpc) is 2.29. The Morgan fingerprint density at radius 1 is 1.54 bits per heavy atom. The van der Waals surface area contributed by atoms with Crippen LogP contribution in [-0.4, -0.2) is 10.8 Å². The number of Topliss-reactive ketones (excluding diaryl/α,β-unsaturated/α-hetero) is 1. The van der Waals surface area contributed by atoms with Crippen molar-refractivity contribution in [3.8, 4) is 0 Å². The Morgan fingerprint density at radius 3 is 2.31 bits per heavy atom. The van der Waals surface area contributed by atoms with E-state index in [4.69, 9.17) is 4.42 Å². The molecular formula is C9H12FNO2. The minimum absolute atomic E-state index is 0.0294. The molecule has 0 spiro atoms. The van der Waals surface area contributed by atoms with Crippen molar-refractivity contribution >= 4 is 5.78 Å². The summed E-state index contributed by atoms with van der Waals surface area (Å²) in [7, 11) is 0. The number of hydrogen-bond donors (Lipinski definition) is 0. The first-order chi connectivity index (χ1) is 5.82. The van der Waals surface area contributed by atoms with E-state index >= 15 is 0 Å². The van der Waals surface area contributed by atoms with Crippen molar-refractivity contribution < 1.29 is 13.6 Å². The average molecular weight is 185 g/mol. The molecule has 3 nitrogen and oxygen atoms in total. The van der Waals surface area contributed by atoms with E-state index in [2.05, 4.69) is 4.98 Å². The van der Waals surface area contributed by atoms with Gasteiger partial charge < -0.3 is 4.42 Å². The lowest BCUT2D eigenvalue weighted by Gasteiger charge is -2.09. The van der Waals surface area contributed by atoms with Gasteiger partial charge >= 0.3 is 0 Å². The molecule has 0 aliphatic carbocycles. The molecule has 0 aliphatic rings. The molecule has 1 aromatic heterocycles. The SMILES string of the molecule is CC(=O)c1nc(C)c(C(C)(C)F)o1. The lowest BCUT2D eigenvalue weighted by Crippen LogP contribution is -2.09. The zero-order chi connectivity index (χ0) is 10.2. The first-order valence-corrected chi connectivity index (χ1v) is 4.00. The molecule has 0 aromatic carbocycles. The summed E-state index contributed by atoms with van der Waals surface area (Å²) in [6.07, 6.45) is 0. The monoisotopic (exact) mass is 185 g/mol. The van der Waals surface area contributed by atoms with Crippen LogP contribution in [-0.2, 0) is 5.67 Å². The maximum atomic E-state index is 13.4. The first-order valence-electron chi connectivity index (χ1n) is 4.00. The van der Waals surface area contributed by atoms with E-state index in [1.807, 2.05) is 0 Å². The topological polar surface area (TPSA) is 43.1 Å². The molecule has 0 fully saturated rings. The van der Waals surface area contributed by atoms with Crippen LogP contribution in [0.5, 0.6) is 0 Å². The molecule has 0 atom stereocenters. The van der Waals surface area contributed by atoms with Crippen molar-refractivity contribution in [2.75, 3.05) is 0 Å². The standard InChI is InChI=1S/C9H12FNO2/c1-5-7(9(3,4)10)13-8(11-5)6(2)12/h1-4H3. The number of nitrogens with zero attached hydrogens (tertiary/aromatic N) is 1. The molecule has 0 radical (unpaired) electrons. The fourth-order valence-electron chi connectivity index (χ4n) is 1.10. The molecule has 0 bridgehead atoms. The molecule has 0 aliphatic heterocycles. The number of rotatable bonds is 2. The number of oxazole rings is 1. The fourth-order valence-corrected chi connectivity index (χ4v) is 1.10. The summed E-state index contributed by atoms with van der Waals surface area (Å²) in [4.78, 5) is 14.7. The normalized spacial score (nSPS) is 11.8.